The number of carbonyl (C=O) groups is 2. The van der Waals surface area contributed by atoms with Crippen molar-refractivity contribution in [1.29, 1.82) is 0 Å². The summed E-state index contributed by atoms with van der Waals surface area (Å²) < 4.78 is 11.9. The fourth-order valence-electron chi connectivity index (χ4n) is 3.96. The molecule has 0 spiro atoms. The van der Waals surface area contributed by atoms with Crippen LogP contribution in [0.2, 0.25) is 0 Å². The van der Waals surface area contributed by atoms with E-state index in [9.17, 15) is 9.59 Å². The van der Waals surface area contributed by atoms with E-state index in [1.807, 2.05) is 55.5 Å². The normalized spacial score (nSPS) is 18.8. The highest BCUT2D eigenvalue weighted by atomic mass is 16.5. The molecule has 0 radical (unpaired) electrons. The Morgan fingerprint density at radius 2 is 1.81 bits per heavy atom. The third-order valence-electron chi connectivity index (χ3n) is 5.12. The van der Waals surface area contributed by atoms with Crippen molar-refractivity contribution in [2.75, 3.05) is 14.2 Å². The average Bonchev–Trinajstić information content (AvgIpc) is 3.01. The lowest BCUT2D eigenvalue weighted by Crippen LogP contribution is -2.39. The van der Waals surface area contributed by atoms with E-state index in [1.165, 1.54) is 7.11 Å². The predicted molar refractivity (Wildman–Crippen MR) is 97.6 cm³/mol. The number of benzene rings is 2. The predicted octanol–water partition coefficient (Wildman–Crippen LogP) is 3.53. The number of esters is 1. The van der Waals surface area contributed by atoms with Gasteiger partial charge in [0.25, 0.3) is 0 Å². The molecule has 0 unspecified atom stereocenters. The molecule has 0 saturated carbocycles. The molecule has 2 atom stereocenters. The second-order valence-electron chi connectivity index (χ2n) is 6.50. The lowest BCUT2D eigenvalue weighted by molar-refractivity contribution is -0.144. The topological polar surface area (TPSA) is 57.5 Å². The van der Waals surface area contributed by atoms with Crippen LogP contribution in [-0.2, 0) is 9.53 Å². The van der Waals surface area contributed by atoms with Gasteiger partial charge in [-0.05, 0) is 36.2 Å². The largest absolute Gasteiger partial charge is 0.497 e. The van der Waals surface area contributed by atoms with E-state index in [-0.39, 0.29) is 5.91 Å². The van der Waals surface area contributed by atoms with E-state index in [0.29, 0.717) is 0 Å². The first-order chi connectivity index (χ1) is 12.6. The van der Waals surface area contributed by atoms with E-state index < -0.39 is 17.8 Å². The number of ether oxygens (including phenoxy) is 2. The molecular formula is C21H19NO4. The van der Waals surface area contributed by atoms with Crippen molar-refractivity contribution in [3.63, 3.8) is 0 Å². The van der Waals surface area contributed by atoms with Crippen molar-refractivity contribution in [2.45, 2.75) is 12.8 Å². The number of nitrogens with zero attached hydrogens (tertiary/aromatic N) is 1. The first-order valence-electron chi connectivity index (χ1n) is 8.43. The van der Waals surface area contributed by atoms with Gasteiger partial charge in [-0.2, -0.15) is 0 Å². The molecule has 1 aliphatic heterocycles. The number of hydrogen-bond donors (Lipinski definition) is 0. The molecule has 1 aliphatic rings. The second-order valence-corrected chi connectivity index (χ2v) is 6.50. The zero-order chi connectivity index (χ0) is 18.4. The Hall–Kier alpha value is -3.08. The standard InChI is InChI=1S/C21H19NO4/c1-12-11-14-5-4-6-16-17(13-7-9-15(25-2)10-8-13)18(21(24)26-3)20(23)22(12)19(14)16/h4-11,17-18H,1-3H3/t17-,18+/m0/s1. The molecule has 0 bridgehead atoms. The molecule has 2 aromatic carbocycles. The summed E-state index contributed by atoms with van der Waals surface area (Å²) in [6.45, 7) is 1.88. The molecule has 26 heavy (non-hydrogen) atoms. The molecule has 3 aromatic rings. The average molecular weight is 349 g/mol. The summed E-state index contributed by atoms with van der Waals surface area (Å²) >= 11 is 0. The van der Waals surface area contributed by atoms with Crippen molar-refractivity contribution in [3.05, 3.63) is 65.4 Å². The maximum Gasteiger partial charge on any atom is 0.319 e. The number of carbonyl (C=O) groups excluding carboxylic acids is 2. The Labute approximate surface area is 151 Å². The van der Waals surface area contributed by atoms with Crippen molar-refractivity contribution >= 4 is 22.8 Å². The summed E-state index contributed by atoms with van der Waals surface area (Å²) in [7, 11) is 2.92. The zero-order valence-corrected chi connectivity index (χ0v) is 14.9. The van der Waals surface area contributed by atoms with Gasteiger partial charge in [0, 0.05) is 17.0 Å². The molecule has 0 amide bonds. The van der Waals surface area contributed by atoms with Crippen molar-refractivity contribution in [3.8, 4) is 5.75 Å². The summed E-state index contributed by atoms with van der Waals surface area (Å²) in [4.78, 5) is 25.8. The van der Waals surface area contributed by atoms with Gasteiger partial charge in [0.2, 0.25) is 5.91 Å². The van der Waals surface area contributed by atoms with Gasteiger partial charge in [0.1, 0.15) is 11.7 Å². The highest BCUT2D eigenvalue weighted by Gasteiger charge is 2.44. The Bertz CT molecular complexity index is 1020. The van der Waals surface area contributed by atoms with E-state index in [1.54, 1.807) is 11.7 Å². The first kappa shape index (κ1) is 16.4. The van der Waals surface area contributed by atoms with Crippen LogP contribution in [0.3, 0.4) is 0 Å². The minimum atomic E-state index is -0.919. The van der Waals surface area contributed by atoms with Gasteiger partial charge in [-0.1, -0.05) is 30.3 Å². The molecule has 0 saturated heterocycles. The Kier molecular flexibility index (Phi) is 3.80. The smallest absolute Gasteiger partial charge is 0.319 e. The number of aryl methyl sites for hydroxylation is 1. The lowest BCUT2D eigenvalue weighted by Gasteiger charge is -2.31. The molecule has 5 nitrogen and oxygen atoms in total. The van der Waals surface area contributed by atoms with Crippen molar-refractivity contribution in [2.24, 2.45) is 5.92 Å². The number of para-hydroxylation sites is 1. The molecule has 0 aliphatic carbocycles. The Morgan fingerprint density at radius 1 is 1.08 bits per heavy atom. The molecule has 0 fully saturated rings. The summed E-state index contributed by atoms with van der Waals surface area (Å²) in [5.74, 6) is -1.36. The summed E-state index contributed by atoms with van der Waals surface area (Å²) in [6.07, 6.45) is 0. The van der Waals surface area contributed by atoms with Gasteiger partial charge in [0.15, 0.2) is 0 Å². The maximum atomic E-state index is 13.2. The van der Waals surface area contributed by atoms with Crippen LogP contribution in [0.4, 0.5) is 0 Å². The van der Waals surface area contributed by atoms with E-state index in [0.717, 1.165) is 33.5 Å². The van der Waals surface area contributed by atoms with E-state index >= 15 is 0 Å². The Morgan fingerprint density at radius 3 is 2.46 bits per heavy atom. The van der Waals surface area contributed by atoms with Gasteiger partial charge in [-0.25, -0.2) is 0 Å². The molecule has 5 heteroatoms. The lowest BCUT2D eigenvalue weighted by atomic mass is 9.77. The van der Waals surface area contributed by atoms with E-state index in [4.69, 9.17) is 9.47 Å². The van der Waals surface area contributed by atoms with Gasteiger partial charge < -0.3 is 9.47 Å². The van der Waals surface area contributed by atoms with Crippen molar-refractivity contribution in [1.82, 2.24) is 4.57 Å². The van der Waals surface area contributed by atoms with Gasteiger partial charge in [-0.15, -0.1) is 0 Å². The number of hydrogen-bond acceptors (Lipinski definition) is 4. The monoisotopic (exact) mass is 349 g/mol. The molecule has 4 rings (SSSR count). The van der Waals surface area contributed by atoms with Gasteiger partial charge in [-0.3, -0.25) is 14.2 Å². The number of rotatable bonds is 3. The molecular weight excluding hydrogens is 330 g/mol. The summed E-state index contributed by atoms with van der Waals surface area (Å²) in [6, 6.07) is 15.4. The summed E-state index contributed by atoms with van der Waals surface area (Å²) in [5.41, 5.74) is 3.53. The SMILES string of the molecule is COC(=O)[C@H]1C(=O)n2c(C)cc3cccc(c32)[C@@H]1c1ccc(OC)cc1. The van der Waals surface area contributed by atoms with Crippen LogP contribution in [-0.4, -0.2) is 30.7 Å². The van der Waals surface area contributed by atoms with Crippen LogP contribution < -0.4 is 4.74 Å². The fraction of sp³-hybridized carbons (Fsp3) is 0.238. The van der Waals surface area contributed by atoms with Crippen LogP contribution in [0.15, 0.2) is 48.5 Å². The van der Waals surface area contributed by atoms with Gasteiger partial charge in [0.05, 0.1) is 19.7 Å². The van der Waals surface area contributed by atoms with Crippen LogP contribution in [0.5, 0.6) is 5.75 Å². The fourth-order valence-corrected chi connectivity index (χ4v) is 3.96. The van der Waals surface area contributed by atoms with Crippen LogP contribution in [0, 0.1) is 12.8 Å². The molecule has 132 valence electrons. The highest BCUT2D eigenvalue weighted by molar-refractivity contribution is 6.08. The second kappa shape index (κ2) is 6.02. The Balaban J connectivity index is 2.00. The highest BCUT2D eigenvalue weighted by Crippen LogP contribution is 2.43. The minimum Gasteiger partial charge on any atom is -0.497 e. The zero-order valence-electron chi connectivity index (χ0n) is 14.9. The number of methoxy groups -OCH3 is 2. The van der Waals surface area contributed by atoms with Crippen LogP contribution in [0.1, 0.15) is 27.5 Å². The maximum absolute atomic E-state index is 13.2. The minimum absolute atomic E-state index is 0.246. The third-order valence-corrected chi connectivity index (χ3v) is 5.12. The van der Waals surface area contributed by atoms with Crippen LogP contribution in [0.25, 0.3) is 10.9 Å². The third kappa shape index (κ3) is 2.24. The molecule has 2 heterocycles. The van der Waals surface area contributed by atoms with Crippen molar-refractivity contribution < 1.29 is 19.1 Å². The van der Waals surface area contributed by atoms with Crippen LogP contribution >= 0.6 is 0 Å². The number of aromatic nitrogens is 1. The van der Waals surface area contributed by atoms with E-state index in [2.05, 4.69) is 0 Å². The molecule has 0 N–H and O–H groups in total. The molecule has 1 aromatic heterocycles. The van der Waals surface area contributed by atoms with Gasteiger partial charge >= 0.3 is 5.97 Å². The quantitative estimate of drug-likeness (QED) is 0.536. The summed E-state index contributed by atoms with van der Waals surface area (Å²) in [5, 5.41) is 0.996. The first-order valence-corrected chi connectivity index (χ1v) is 8.43.